The van der Waals surface area contributed by atoms with E-state index in [2.05, 4.69) is 30.0 Å². The second-order valence-electron chi connectivity index (χ2n) is 6.72. The Morgan fingerprint density at radius 3 is 2.27 bits per heavy atom. The minimum Gasteiger partial charge on any atom is -0.365 e. The molecule has 0 aliphatic heterocycles. The lowest BCUT2D eigenvalue weighted by Gasteiger charge is -1.99. The molecule has 0 saturated carbocycles. The van der Waals surface area contributed by atoms with Crippen LogP contribution in [0.15, 0.2) is 58.6 Å². The summed E-state index contributed by atoms with van der Waals surface area (Å²) in [6, 6.07) is 13.8. The molecule has 0 fully saturated rings. The Morgan fingerprint density at radius 1 is 0.970 bits per heavy atom. The number of nitrogens with one attached hydrogen (secondary N) is 1. The molecule has 5 nitrogen and oxygen atoms in total. The van der Waals surface area contributed by atoms with Crippen LogP contribution in [0.5, 0.6) is 0 Å². The van der Waals surface area contributed by atoms with Crippen molar-refractivity contribution in [3.63, 3.8) is 0 Å². The van der Waals surface area contributed by atoms with Gasteiger partial charge in [0.25, 0.3) is 0 Å². The van der Waals surface area contributed by atoms with Gasteiger partial charge in [0.2, 0.25) is 0 Å². The van der Waals surface area contributed by atoms with Crippen molar-refractivity contribution in [1.82, 2.24) is 9.55 Å². The highest BCUT2D eigenvalue weighted by molar-refractivity contribution is 7.99. The molecule has 0 aliphatic carbocycles. The summed E-state index contributed by atoms with van der Waals surface area (Å²) in [6.07, 6.45) is 4.01. The van der Waals surface area contributed by atoms with Gasteiger partial charge in [-0.2, -0.15) is 5.26 Å². The SMILES string of the molecule is N#CCn1cc(SCCOP)c2cc(Cl)ccc21.POCCSc1c[nH]c2ccc(Cl)cc12.[3HH].[3HH]. The van der Waals surface area contributed by atoms with Crippen molar-refractivity contribution >= 4 is 87.5 Å². The summed E-state index contributed by atoms with van der Waals surface area (Å²) in [5.41, 5.74) is 2.16. The maximum Gasteiger partial charge on any atom is 0.110 e. The number of nitriles is 1. The summed E-state index contributed by atoms with van der Waals surface area (Å²) in [6.45, 7) is 1.74. The average molecular weight is 566 g/mol. The number of nitrogens with zero attached hydrogens (tertiary/aromatic N) is 2. The maximum absolute atomic E-state index is 8.83. The van der Waals surface area contributed by atoms with Crippen molar-refractivity contribution in [3.05, 3.63) is 58.8 Å². The molecule has 0 bridgehead atoms. The smallest absolute Gasteiger partial charge is 0.110 e. The van der Waals surface area contributed by atoms with Gasteiger partial charge in [-0.3, -0.25) is 0 Å². The van der Waals surface area contributed by atoms with Gasteiger partial charge in [-0.1, -0.05) is 23.2 Å². The van der Waals surface area contributed by atoms with Crippen molar-refractivity contribution < 1.29 is 11.9 Å². The first-order valence-corrected chi connectivity index (χ1v) is 13.5. The fraction of sp³-hybridized carbons (Fsp3) is 0.227. The molecule has 0 radical (unpaired) electrons. The van der Waals surface area contributed by atoms with Gasteiger partial charge < -0.3 is 18.6 Å². The zero-order chi connectivity index (χ0) is 23.6. The first-order valence-electron chi connectivity index (χ1n) is 9.88. The first-order chi connectivity index (χ1) is 16.1. The van der Waals surface area contributed by atoms with Crippen LogP contribution in [0, 0.1) is 11.3 Å². The molecular weight excluding hydrogens is 535 g/mol. The zero-order valence-electron chi connectivity index (χ0n) is 17.6. The normalized spacial score (nSPS) is 10.9. The van der Waals surface area contributed by atoms with E-state index in [0.717, 1.165) is 44.5 Å². The van der Waals surface area contributed by atoms with Crippen molar-refractivity contribution in [2.75, 3.05) is 24.7 Å². The minimum atomic E-state index is 0. The number of hydrogen-bond donors (Lipinski definition) is 1. The van der Waals surface area contributed by atoms with Crippen molar-refractivity contribution in [3.8, 4) is 6.07 Å². The number of rotatable bonds is 9. The Bertz CT molecular complexity index is 1250. The monoisotopic (exact) mass is 565 g/mol. The van der Waals surface area contributed by atoms with Gasteiger partial charge in [-0.05, 0) is 36.4 Å². The molecule has 178 valence electrons. The topological polar surface area (TPSA) is 63.0 Å². The number of aromatic amines is 1. The fourth-order valence-corrected chi connectivity index (χ4v) is 5.85. The molecule has 2 atom stereocenters. The molecule has 4 aromatic rings. The van der Waals surface area contributed by atoms with Crippen LogP contribution in [0.4, 0.5) is 0 Å². The summed E-state index contributed by atoms with van der Waals surface area (Å²) in [5, 5.41) is 12.6. The molecule has 0 aliphatic rings. The maximum atomic E-state index is 8.83. The summed E-state index contributed by atoms with van der Waals surface area (Å²) in [5.74, 6) is 1.80. The quantitative estimate of drug-likeness (QED) is 0.127. The second kappa shape index (κ2) is 13.8. The highest BCUT2D eigenvalue weighted by atomic mass is 35.5. The highest BCUT2D eigenvalue weighted by Crippen LogP contribution is 2.32. The van der Waals surface area contributed by atoms with Crippen LogP contribution in [0.1, 0.15) is 2.85 Å². The van der Waals surface area contributed by atoms with Gasteiger partial charge >= 0.3 is 0 Å². The molecule has 2 unspecified atom stereocenters. The molecular formula is C22H27Cl2N3O2P2S2. The number of aromatic nitrogens is 2. The number of fused-ring (bicyclic) bond motifs is 2. The number of thioether (sulfide) groups is 2. The second-order valence-corrected chi connectivity index (χ2v) is 10.5. The van der Waals surface area contributed by atoms with Gasteiger partial charge in [0.15, 0.2) is 0 Å². The molecule has 2 aromatic heterocycles. The Kier molecular flexibility index (Phi) is 11.2. The van der Waals surface area contributed by atoms with E-state index < -0.39 is 0 Å². The molecule has 2 aromatic carbocycles. The van der Waals surface area contributed by atoms with Gasteiger partial charge in [0.1, 0.15) is 6.54 Å². The largest absolute Gasteiger partial charge is 0.365 e. The number of halogens is 2. The van der Waals surface area contributed by atoms with E-state index in [-0.39, 0.29) is 2.85 Å². The Morgan fingerprint density at radius 2 is 1.61 bits per heavy atom. The molecule has 4 rings (SSSR count). The van der Waals surface area contributed by atoms with E-state index in [1.807, 2.05) is 53.4 Å². The Labute approximate surface area is 219 Å². The van der Waals surface area contributed by atoms with E-state index in [0.29, 0.717) is 18.2 Å². The van der Waals surface area contributed by atoms with Crippen LogP contribution < -0.4 is 0 Å². The van der Waals surface area contributed by atoms with Crippen molar-refractivity contribution in [2.45, 2.75) is 16.3 Å². The third-order valence-electron chi connectivity index (χ3n) is 4.57. The first kappa shape index (κ1) is 26.7. The number of H-pyrrole nitrogens is 1. The van der Waals surface area contributed by atoms with E-state index in [1.54, 1.807) is 23.5 Å². The molecule has 11 heteroatoms. The van der Waals surface area contributed by atoms with E-state index in [1.165, 1.54) is 10.3 Å². The van der Waals surface area contributed by atoms with Crippen molar-refractivity contribution in [1.29, 1.82) is 5.26 Å². The molecule has 0 spiro atoms. The Balaban J connectivity index is 0.000000336. The van der Waals surface area contributed by atoms with E-state index in [9.17, 15) is 0 Å². The standard InChI is InChI=1S/C12H12ClN2OPS.C10H11ClNOPS.2H2/c13-9-1-2-11-10(7-9)12(18-6-5-16-17)8-15(11)4-3-14;11-7-1-2-9-8(5-7)10(6-12-9)15-4-3-13-14;;/h1-2,7-8H,4-6,17H2;1-2,5-6,12H,3-4,14H2;2*1H/i;;2*1+2. The van der Waals surface area contributed by atoms with Crippen LogP contribution in [0.2, 0.25) is 10.0 Å². The molecule has 0 saturated heterocycles. The van der Waals surface area contributed by atoms with Gasteiger partial charge in [0, 0.05) is 81.8 Å². The molecule has 1 N–H and O–H groups in total. The lowest BCUT2D eigenvalue weighted by Crippen LogP contribution is -1.91. The van der Waals surface area contributed by atoms with Crippen LogP contribution in [0.25, 0.3) is 21.8 Å². The lowest BCUT2D eigenvalue weighted by atomic mass is 10.2. The molecule has 33 heavy (non-hydrogen) atoms. The van der Waals surface area contributed by atoms with Crippen LogP contribution in [-0.4, -0.2) is 34.3 Å². The Hall–Kier alpha value is -0.930. The highest BCUT2D eigenvalue weighted by Gasteiger charge is 2.09. The van der Waals surface area contributed by atoms with Crippen LogP contribution >= 0.6 is 65.7 Å². The third-order valence-corrected chi connectivity index (χ3v) is 7.54. The predicted molar refractivity (Wildman–Crippen MR) is 153 cm³/mol. The lowest BCUT2D eigenvalue weighted by molar-refractivity contribution is 0.404. The average Bonchev–Trinajstić information content (AvgIpc) is 3.36. The summed E-state index contributed by atoms with van der Waals surface area (Å²) < 4.78 is 11.8. The zero-order valence-corrected chi connectivity index (χ0v) is 23.0. The van der Waals surface area contributed by atoms with Crippen molar-refractivity contribution in [2.24, 2.45) is 0 Å². The van der Waals surface area contributed by atoms with E-state index in [4.69, 9.17) is 37.5 Å². The summed E-state index contributed by atoms with van der Waals surface area (Å²) in [4.78, 5) is 5.56. The fourth-order valence-electron chi connectivity index (χ4n) is 3.14. The predicted octanol–water partition coefficient (Wildman–Crippen LogP) is 7.93. The van der Waals surface area contributed by atoms with Crippen LogP contribution in [-0.2, 0) is 15.6 Å². The minimum absolute atomic E-state index is 0. The van der Waals surface area contributed by atoms with E-state index >= 15 is 0 Å². The molecule has 0 amide bonds. The van der Waals surface area contributed by atoms with Gasteiger partial charge in [-0.25, -0.2) is 0 Å². The third kappa shape index (κ3) is 7.52. The van der Waals surface area contributed by atoms with Gasteiger partial charge in [0.05, 0.1) is 24.8 Å². The molecule has 2 heterocycles. The van der Waals surface area contributed by atoms with Crippen LogP contribution in [0.3, 0.4) is 0 Å². The summed E-state index contributed by atoms with van der Waals surface area (Å²) in [7, 11) is 4.50. The number of hydrogen-bond acceptors (Lipinski definition) is 5. The van der Waals surface area contributed by atoms with Gasteiger partial charge in [-0.15, -0.1) is 23.5 Å². The summed E-state index contributed by atoms with van der Waals surface area (Å²) >= 11 is 15.4. The number of benzene rings is 2.